The number of benzene rings is 2. The molecule has 2 atom stereocenters. The van der Waals surface area contributed by atoms with E-state index in [9.17, 15) is 25.1 Å². The summed E-state index contributed by atoms with van der Waals surface area (Å²) in [5.41, 5.74) is 0.780. The molecule has 10 heteroatoms. The van der Waals surface area contributed by atoms with Crippen LogP contribution in [0.2, 0.25) is 0 Å². The number of para-hydroxylation sites is 1. The van der Waals surface area contributed by atoms with Crippen LogP contribution in [0.3, 0.4) is 0 Å². The first-order valence-electron chi connectivity index (χ1n) is 8.39. The molecule has 0 bridgehead atoms. The van der Waals surface area contributed by atoms with Gasteiger partial charge in [0.05, 0.1) is 10.6 Å². The molecule has 0 spiro atoms. The Morgan fingerprint density at radius 3 is 2.68 bits per heavy atom. The number of aliphatic hydroxyl groups excluding tert-OH is 2. The smallest absolute Gasteiger partial charge is 0.407 e. The first-order valence-corrected chi connectivity index (χ1v) is 8.39. The number of nitro groups is 1. The first-order chi connectivity index (χ1) is 13.5. The Kier molecular flexibility index (Phi) is 5.82. The Hall–Kier alpha value is -3.50. The summed E-state index contributed by atoms with van der Waals surface area (Å²) in [5.74, 6) is 0. The molecule has 0 saturated carbocycles. The van der Waals surface area contributed by atoms with Crippen LogP contribution in [-0.2, 0) is 11.3 Å². The van der Waals surface area contributed by atoms with Gasteiger partial charge in [-0.3, -0.25) is 15.2 Å². The van der Waals surface area contributed by atoms with E-state index in [4.69, 9.17) is 4.74 Å². The fraction of sp³-hybridized carbons (Fsp3) is 0.222. The van der Waals surface area contributed by atoms with Gasteiger partial charge in [-0.2, -0.15) is 5.10 Å². The van der Waals surface area contributed by atoms with E-state index in [0.29, 0.717) is 5.39 Å². The van der Waals surface area contributed by atoms with Crippen molar-refractivity contribution in [1.29, 1.82) is 0 Å². The number of carbonyl (C=O) groups excluding carboxylic acids is 1. The maximum absolute atomic E-state index is 11.7. The monoisotopic (exact) mass is 386 g/mol. The van der Waals surface area contributed by atoms with Crippen molar-refractivity contribution in [2.75, 3.05) is 6.54 Å². The van der Waals surface area contributed by atoms with Crippen molar-refractivity contribution >= 4 is 22.7 Å². The molecule has 10 nitrogen and oxygen atoms in total. The summed E-state index contributed by atoms with van der Waals surface area (Å²) in [6.07, 6.45) is -3.58. The number of aliphatic hydroxyl groups is 2. The van der Waals surface area contributed by atoms with Crippen LogP contribution in [0.1, 0.15) is 17.4 Å². The van der Waals surface area contributed by atoms with E-state index < -0.39 is 23.2 Å². The van der Waals surface area contributed by atoms with Gasteiger partial charge in [0, 0.05) is 18.0 Å². The van der Waals surface area contributed by atoms with Gasteiger partial charge in [0.1, 0.15) is 18.8 Å². The summed E-state index contributed by atoms with van der Waals surface area (Å²) in [5, 5.41) is 40.6. The molecule has 0 saturated heterocycles. The van der Waals surface area contributed by atoms with E-state index in [1.165, 1.54) is 12.1 Å². The SMILES string of the molecule is O=C(NCC(O)C(O)c1[nH]nc2c([N+](=O)[O-])cccc12)OCc1ccccc1. The van der Waals surface area contributed by atoms with E-state index in [1.807, 2.05) is 18.2 Å². The predicted molar refractivity (Wildman–Crippen MR) is 98.3 cm³/mol. The van der Waals surface area contributed by atoms with Crippen LogP contribution < -0.4 is 5.32 Å². The van der Waals surface area contributed by atoms with Crippen molar-refractivity contribution in [3.05, 3.63) is 69.9 Å². The van der Waals surface area contributed by atoms with Gasteiger partial charge in [0.25, 0.3) is 5.69 Å². The van der Waals surface area contributed by atoms with Gasteiger partial charge in [-0.25, -0.2) is 4.79 Å². The minimum absolute atomic E-state index is 0.0696. The molecule has 2 aromatic carbocycles. The van der Waals surface area contributed by atoms with Gasteiger partial charge in [-0.05, 0) is 5.56 Å². The number of hydrogen-bond acceptors (Lipinski definition) is 7. The fourth-order valence-corrected chi connectivity index (χ4v) is 2.68. The second-order valence-corrected chi connectivity index (χ2v) is 6.02. The van der Waals surface area contributed by atoms with E-state index >= 15 is 0 Å². The number of nitro benzene ring substituents is 1. The third-order valence-corrected chi connectivity index (χ3v) is 4.12. The van der Waals surface area contributed by atoms with Crippen molar-refractivity contribution in [2.45, 2.75) is 18.8 Å². The highest BCUT2D eigenvalue weighted by molar-refractivity contribution is 5.89. The molecule has 4 N–H and O–H groups in total. The number of non-ortho nitro benzene ring substituents is 1. The number of aromatic nitrogens is 2. The molecule has 0 aliphatic heterocycles. The van der Waals surface area contributed by atoms with Crippen LogP contribution in [0.15, 0.2) is 48.5 Å². The van der Waals surface area contributed by atoms with Crippen molar-refractivity contribution in [2.24, 2.45) is 0 Å². The van der Waals surface area contributed by atoms with E-state index in [2.05, 4.69) is 15.5 Å². The van der Waals surface area contributed by atoms with E-state index in [0.717, 1.165) is 5.56 Å². The summed E-state index contributed by atoms with van der Waals surface area (Å²) in [6.45, 7) is -0.218. The number of H-pyrrole nitrogens is 1. The number of rotatable bonds is 7. The number of nitrogens with zero attached hydrogens (tertiary/aromatic N) is 2. The van der Waals surface area contributed by atoms with Gasteiger partial charge in [-0.1, -0.05) is 42.5 Å². The zero-order chi connectivity index (χ0) is 20.1. The van der Waals surface area contributed by atoms with Crippen molar-refractivity contribution in [3.8, 4) is 0 Å². The highest BCUT2D eigenvalue weighted by Crippen LogP contribution is 2.29. The molecular formula is C18H18N4O6. The number of hydrogen-bond donors (Lipinski definition) is 4. The first kappa shape index (κ1) is 19.3. The number of nitrogens with one attached hydrogen (secondary N) is 2. The van der Waals surface area contributed by atoms with Crippen LogP contribution in [-0.4, -0.2) is 44.1 Å². The number of aromatic amines is 1. The number of carbonyl (C=O) groups is 1. The molecule has 3 aromatic rings. The van der Waals surface area contributed by atoms with Crippen LogP contribution in [0.25, 0.3) is 10.9 Å². The van der Waals surface area contributed by atoms with Crippen LogP contribution in [0, 0.1) is 10.1 Å². The largest absolute Gasteiger partial charge is 0.445 e. The number of ether oxygens (including phenoxy) is 1. The molecule has 2 unspecified atom stereocenters. The van der Waals surface area contributed by atoms with Crippen molar-refractivity contribution in [1.82, 2.24) is 15.5 Å². The van der Waals surface area contributed by atoms with Crippen LogP contribution in [0.5, 0.6) is 0 Å². The molecule has 0 aliphatic carbocycles. The molecule has 28 heavy (non-hydrogen) atoms. The average Bonchev–Trinajstić information content (AvgIpc) is 3.14. The lowest BCUT2D eigenvalue weighted by molar-refractivity contribution is -0.383. The lowest BCUT2D eigenvalue weighted by atomic mass is 10.1. The zero-order valence-corrected chi connectivity index (χ0v) is 14.6. The average molecular weight is 386 g/mol. The fourth-order valence-electron chi connectivity index (χ4n) is 2.68. The third kappa shape index (κ3) is 4.24. The van der Waals surface area contributed by atoms with Gasteiger partial charge >= 0.3 is 6.09 Å². The summed E-state index contributed by atoms with van der Waals surface area (Å²) >= 11 is 0. The Labute approximate surface area is 158 Å². The highest BCUT2D eigenvalue weighted by atomic mass is 16.6. The van der Waals surface area contributed by atoms with E-state index in [1.54, 1.807) is 18.2 Å². The van der Waals surface area contributed by atoms with Crippen molar-refractivity contribution < 1.29 is 24.7 Å². The van der Waals surface area contributed by atoms with Gasteiger partial charge < -0.3 is 20.3 Å². The van der Waals surface area contributed by atoms with Crippen LogP contribution in [0.4, 0.5) is 10.5 Å². The summed E-state index contributed by atoms with van der Waals surface area (Å²) < 4.78 is 5.02. The van der Waals surface area contributed by atoms with Crippen LogP contribution >= 0.6 is 0 Å². The molecular weight excluding hydrogens is 368 g/mol. The summed E-state index contributed by atoms with van der Waals surface area (Å²) in [7, 11) is 0. The molecule has 3 rings (SSSR count). The maximum Gasteiger partial charge on any atom is 0.407 e. The molecule has 0 radical (unpaired) electrons. The summed E-state index contributed by atoms with van der Waals surface area (Å²) in [4.78, 5) is 22.2. The lowest BCUT2D eigenvalue weighted by Gasteiger charge is -2.17. The highest BCUT2D eigenvalue weighted by Gasteiger charge is 2.25. The molecule has 0 aliphatic rings. The van der Waals surface area contributed by atoms with Gasteiger partial charge in [-0.15, -0.1) is 0 Å². The second kappa shape index (κ2) is 8.46. The Balaban J connectivity index is 1.59. The normalized spacial score (nSPS) is 13.1. The molecule has 1 amide bonds. The maximum atomic E-state index is 11.7. The molecule has 146 valence electrons. The third-order valence-electron chi connectivity index (χ3n) is 4.12. The van der Waals surface area contributed by atoms with Gasteiger partial charge in [0.15, 0.2) is 5.52 Å². The molecule has 1 heterocycles. The molecule has 0 fully saturated rings. The minimum Gasteiger partial charge on any atom is -0.445 e. The zero-order valence-electron chi connectivity index (χ0n) is 14.6. The quantitative estimate of drug-likeness (QED) is 0.357. The number of amides is 1. The van der Waals surface area contributed by atoms with Gasteiger partial charge in [0.2, 0.25) is 0 Å². The second-order valence-electron chi connectivity index (χ2n) is 6.02. The Bertz CT molecular complexity index is 975. The number of alkyl carbamates (subject to hydrolysis) is 1. The topological polar surface area (TPSA) is 151 Å². The lowest BCUT2D eigenvalue weighted by Crippen LogP contribution is -2.36. The van der Waals surface area contributed by atoms with Crippen molar-refractivity contribution in [3.63, 3.8) is 0 Å². The van der Waals surface area contributed by atoms with E-state index in [-0.39, 0.29) is 30.0 Å². The minimum atomic E-state index is -1.44. The Morgan fingerprint density at radius 1 is 1.21 bits per heavy atom. The standard InChI is InChI=1S/C18H18N4O6/c23-14(9-19-18(25)28-10-11-5-2-1-3-6-11)17(24)16-12-7-4-8-13(22(26)27)15(12)20-21-16/h1-8,14,17,23-24H,9-10H2,(H,19,25)(H,20,21). The Morgan fingerprint density at radius 2 is 1.96 bits per heavy atom. The number of fused-ring (bicyclic) bond motifs is 1. The summed E-state index contributed by atoms with van der Waals surface area (Å²) in [6, 6.07) is 13.4. The predicted octanol–water partition coefficient (Wildman–Crippen LogP) is 1.79. The molecule has 1 aromatic heterocycles.